The predicted molar refractivity (Wildman–Crippen MR) is 88.4 cm³/mol. The largest absolute Gasteiger partial charge is 0.379 e. The van der Waals surface area contributed by atoms with Crippen LogP contribution in [-0.2, 0) is 18.9 Å². The summed E-state index contributed by atoms with van der Waals surface area (Å²) in [5.41, 5.74) is 0. The molecular formula is C17H26O4Si. The zero-order chi connectivity index (χ0) is 15.3. The summed E-state index contributed by atoms with van der Waals surface area (Å²) < 4.78 is 21.9. The van der Waals surface area contributed by atoms with Crippen LogP contribution in [0.5, 0.6) is 0 Å². The quantitative estimate of drug-likeness (QED) is 0.354. The molecule has 3 rings (SSSR count). The third-order valence-electron chi connectivity index (χ3n) is 4.48. The Morgan fingerprint density at radius 2 is 1.45 bits per heavy atom. The van der Waals surface area contributed by atoms with Crippen LogP contribution < -0.4 is 5.19 Å². The maximum Gasteiger partial charge on any atom is 0.104 e. The van der Waals surface area contributed by atoms with Crippen LogP contribution in [0.4, 0.5) is 0 Å². The first-order chi connectivity index (χ1) is 10.8. The fourth-order valence-corrected chi connectivity index (χ4v) is 5.62. The van der Waals surface area contributed by atoms with Gasteiger partial charge in [-0.2, -0.15) is 0 Å². The molecule has 122 valence electrons. The van der Waals surface area contributed by atoms with Gasteiger partial charge in [0.1, 0.15) is 12.2 Å². The Morgan fingerprint density at radius 1 is 0.955 bits per heavy atom. The van der Waals surface area contributed by atoms with Crippen molar-refractivity contribution < 1.29 is 18.9 Å². The molecule has 1 aromatic rings. The molecule has 2 saturated heterocycles. The number of ether oxygens (including phenoxy) is 4. The van der Waals surface area contributed by atoms with E-state index in [1.807, 2.05) is 0 Å². The lowest BCUT2D eigenvalue weighted by Crippen LogP contribution is -2.46. The number of epoxide rings is 2. The average molecular weight is 322 g/mol. The SMILES string of the molecule is C[Si](CCOCC1CO1)(CCOCC1CO1)c1ccccc1. The van der Waals surface area contributed by atoms with E-state index in [1.165, 1.54) is 5.19 Å². The minimum absolute atomic E-state index is 0.353. The lowest BCUT2D eigenvalue weighted by Gasteiger charge is -2.28. The molecule has 0 radical (unpaired) electrons. The Kier molecular flexibility index (Phi) is 5.65. The maximum absolute atomic E-state index is 5.78. The summed E-state index contributed by atoms with van der Waals surface area (Å²) in [4.78, 5) is 0. The number of rotatable bonds is 11. The number of hydrogen-bond donors (Lipinski definition) is 0. The van der Waals surface area contributed by atoms with Crippen molar-refractivity contribution in [1.82, 2.24) is 0 Å². The Bertz CT molecular complexity index is 425. The fraction of sp³-hybridized carbons (Fsp3) is 0.647. The average Bonchev–Trinajstić information content (AvgIpc) is 3.44. The van der Waals surface area contributed by atoms with Crippen molar-refractivity contribution in [3.63, 3.8) is 0 Å². The highest BCUT2D eigenvalue weighted by Gasteiger charge is 2.30. The highest BCUT2D eigenvalue weighted by Crippen LogP contribution is 2.18. The number of benzene rings is 1. The van der Waals surface area contributed by atoms with Crippen molar-refractivity contribution in [2.24, 2.45) is 0 Å². The Balaban J connectivity index is 1.48. The van der Waals surface area contributed by atoms with Crippen LogP contribution in [0.25, 0.3) is 0 Å². The van der Waals surface area contributed by atoms with Crippen LogP contribution in [0.15, 0.2) is 30.3 Å². The van der Waals surface area contributed by atoms with Gasteiger partial charge in [-0.3, -0.25) is 0 Å². The van der Waals surface area contributed by atoms with Gasteiger partial charge < -0.3 is 18.9 Å². The van der Waals surface area contributed by atoms with E-state index in [0.29, 0.717) is 12.2 Å². The summed E-state index contributed by atoms with van der Waals surface area (Å²) in [5.74, 6) is 0. The smallest absolute Gasteiger partial charge is 0.104 e. The second kappa shape index (κ2) is 7.70. The standard InChI is InChI=1S/C17H26O4Si/c1-22(17-5-3-2-4-6-17,9-7-18-11-15-13-20-15)10-8-19-12-16-14-21-16/h2-6,15-16H,7-14H2,1H3. The monoisotopic (exact) mass is 322 g/mol. The van der Waals surface area contributed by atoms with Gasteiger partial charge in [0, 0.05) is 13.2 Å². The van der Waals surface area contributed by atoms with Crippen LogP contribution in [0, 0.1) is 0 Å². The molecule has 5 heteroatoms. The zero-order valence-electron chi connectivity index (χ0n) is 13.3. The van der Waals surface area contributed by atoms with E-state index in [0.717, 1.165) is 51.7 Å². The van der Waals surface area contributed by atoms with Crippen molar-refractivity contribution in [3.8, 4) is 0 Å². The molecule has 2 unspecified atom stereocenters. The van der Waals surface area contributed by atoms with E-state index in [-0.39, 0.29) is 0 Å². The lowest BCUT2D eigenvalue weighted by atomic mass is 10.4. The van der Waals surface area contributed by atoms with Crippen molar-refractivity contribution in [2.75, 3.05) is 39.6 Å². The molecular weight excluding hydrogens is 296 g/mol. The third-order valence-corrected chi connectivity index (χ3v) is 8.82. The molecule has 1 aromatic carbocycles. The van der Waals surface area contributed by atoms with E-state index in [4.69, 9.17) is 18.9 Å². The van der Waals surface area contributed by atoms with Gasteiger partial charge in [-0.25, -0.2) is 0 Å². The van der Waals surface area contributed by atoms with Gasteiger partial charge >= 0.3 is 0 Å². The number of hydrogen-bond acceptors (Lipinski definition) is 4. The van der Waals surface area contributed by atoms with Gasteiger partial charge in [0.15, 0.2) is 0 Å². The van der Waals surface area contributed by atoms with Crippen LogP contribution in [-0.4, -0.2) is 59.9 Å². The second-order valence-corrected chi connectivity index (χ2v) is 11.2. The Morgan fingerprint density at radius 3 is 1.91 bits per heavy atom. The molecule has 0 bridgehead atoms. The summed E-state index contributed by atoms with van der Waals surface area (Å²) in [6.07, 6.45) is 0.707. The van der Waals surface area contributed by atoms with Crippen molar-refractivity contribution in [1.29, 1.82) is 0 Å². The van der Waals surface area contributed by atoms with Crippen molar-refractivity contribution in [2.45, 2.75) is 30.8 Å². The topological polar surface area (TPSA) is 43.5 Å². The Hall–Kier alpha value is -0.723. The first kappa shape index (κ1) is 16.1. The van der Waals surface area contributed by atoms with Crippen LogP contribution in [0.2, 0.25) is 18.6 Å². The molecule has 4 nitrogen and oxygen atoms in total. The van der Waals surface area contributed by atoms with Crippen LogP contribution >= 0.6 is 0 Å². The van der Waals surface area contributed by atoms with Gasteiger partial charge in [0.25, 0.3) is 0 Å². The molecule has 22 heavy (non-hydrogen) atoms. The van der Waals surface area contributed by atoms with E-state index in [9.17, 15) is 0 Å². The summed E-state index contributed by atoms with van der Waals surface area (Å²) in [5, 5.41) is 1.49. The summed E-state index contributed by atoms with van der Waals surface area (Å²) in [6.45, 7) is 7.31. The van der Waals surface area contributed by atoms with Crippen LogP contribution in [0.1, 0.15) is 0 Å². The molecule has 0 aromatic heterocycles. The summed E-state index contributed by atoms with van der Waals surface area (Å²) >= 11 is 0. The van der Waals surface area contributed by atoms with Gasteiger partial charge in [-0.05, 0) is 12.1 Å². The molecule has 0 saturated carbocycles. The van der Waals surface area contributed by atoms with E-state index >= 15 is 0 Å². The summed E-state index contributed by atoms with van der Waals surface area (Å²) in [6, 6.07) is 13.2. The van der Waals surface area contributed by atoms with E-state index < -0.39 is 8.07 Å². The molecule has 2 atom stereocenters. The van der Waals surface area contributed by atoms with Gasteiger partial charge in [-0.15, -0.1) is 0 Å². The first-order valence-corrected chi connectivity index (χ1v) is 11.1. The molecule has 2 aliphatic heterocycles. The molecule has 0 amide bonds. The third kappa shape index (κ3) is 5.17. The molecule has 2 aliphatic rings. The van der Waals surface area contributed by atoms with Crippen molar-refractivity contribution >= 4 is 13.3 Å². The van der Waals surface area contributed by atoms with Crippen molar-refractivity contribution in [3.05, 3.63) is 30.3 Å². The fourth-order valence-electron chi connectivity index (χ4n) is 2.61. The van der Waals surface area contributed by atoms with Gasteiger partial charge in [-0.1, -0.05) is 42.1 Å². The minimum Gasteiger partial charge on any atom is -0.379 e. The lowest BCUT2D eigenvalue weighted by molar-refractivity contribution is 0.123. The van der Waals surface area contributed by atoms with Crippen LogP contribution in [0.3, 0.4) is 0 Å². The maximum atomic E-state index is 5.78. The predicted octanol–water partition coefficient (Wildman–Crippen LogP) is 1.80. The molecule has 0 spiro atoms. The van der Waals surface area contributed by atoms with E-state index in [2.05, 4.69) is 36.9 Å². The second-order valence-electron chi connectivity index (χ2n) is 6.49. The summed E-state index contributed by atoms with van der Waals surface area (Å²) in [7, 11) is -1.56. The molecule has 0 N–H and O–H groups in total. The highest BCUT2D eigenvalue weighted by molar-refractivity contribution is 6.90. The first-order valence-electron chi connectivity index (χ1n) is 8.20. The zero-order valence-corrected chi connectivity index (χ0v) is 14.3. The van der Waals surface area contributed by atoms with Gasteiger partial charge in [0.05, 0.1) is 34.5 Å². The van der Waals surface area contributed by atoms with Gasteiger partial charge in [0.2, 0.25) is 0 Å². The highest BCUT2D eigenvalue weighted by atomic mass is 28.3. The molecule has 2 heterocycles. The minimum atomic E-state index is -1.56. The van der Waals surface area contributed by atoms with E-state index in [1.54, 1.807) is 0 Å². The normalized spacial score (nSPS) is 25.7. The molecule has 2 fully saturated rings. The Labute approximate surface area is 133 Å². The molecule has 0 aliphatic carbocycles.